The van der Waals surface area contributed by atoms with E-state index in [4.69, 9.17) is 4.74 Å². The van der Waals surface area contributed by atoms with Gasteiger partial charge in [0.2, 0.25) is 0 Å². The van der Waals surface area contributed by atoms with Gasteiger partial charge in [0.05, 0.1) is 7.11 Å². The summed E-state index contributed by atoms with van der Waals surface area (Å²) in [6.07, 6.45) is 14.1. The molecule has 2 fully saturated rings. The lowest BCUT2D eigenvalue weighted by molar-refractivity contribution is 0.152. The van der Waals surface area contributed by atoms with Crippen LogP contribution in [0, 0.1) is 35.3 Å². The smallest absolute Gasteiger partial charge is 0.167 e. The van der Waals surface area contributed by atoms with Gasteiger partial charge in [-0.15, -0.1) is 6.58 Å². The molecule has 2 aromatic carbocycles. The fraction of sp³-hybridized carbons (Fsp3) is 0.556. The molecule has 3 heteroatoms. The SMILES string of the molecule is C=CC1CCC(C2CCC(CCc3cc4ccc(OC)cc4c(F)c3F)CC2)CC1. The van der Waals surface area contributed by atoms with Crippen molar-refractivity contribution in [3.63, 3.8) is 0 Å². The zero-order chi connectivity index (χ0) is 21.1. The lowest BCUT2D eigenvalue weighted by atomic mass is 9.68. The number of allylic oxidation sites excluding steroid dienone is 1. The van der Waals surface area contributed by atoms with Crippen LogP contribution in [0.4, 0.5) is 8.78 Å². The minimum absolute atomic E-state index is 0.294. The molecule has 0 radical (unpaired) electrons. The number of aryl methyl sites for hydroxylation is 1. The molecule has 1 nitrogen and oxygen atoms in total. The van der Waals surface area contributed by atoms with Crippen molar-refractivity contribution in [2.75, 3.05) is 7.11 Å². The maximum atomic E-state index is 14.7. The van der Waals surface area contributed by atoms with Crippen LogP contribution in [-0.2, 0) is 6.42 Å². The second-order valence-corrected chi connectivity index (χ2v) is 9.48. The van der Waals surface area contributed by atoms with Gasteiger partial charge in [-0.2, -0.15) is 0 Å². The lowest BCUT2D eigenvalue weighted by Gasteiger charge is -2.37. The van der Waals surface area contributed by atoms with Crippen LogP contribution in [0.1, 0.15) is 63.4 Å². The number of benzene rings is 2. The highest BCUT2D eigenvalue weighted by molar-refractivity contribution is 5.85. The van der Waals surface area contributed by atoms with Crippen LogP contribution in [0.5, 0.6) is 5.75 Å². The molecule has 4 rings (SSSR count). The minimum atomic E-state index is -0.750. The number of hydrogen-bond acceptors (Lipinski definition) is 1. The molecule has 0 aliphatic heterocycles. The van der Waals surface area contributed by atoms with Crippen LogP contribution in [0.2, 0.25) is 0 Å². The summed E-state index contributed by atoms with van der Waals surface area (Å²) in [5.74, 6) is 2.24. The van der Waals surface area contributed by atoms with Crippen molar-refractivity contribution in [3.8, 4) is 5.75 Å². The summed E-state index contributed by atoms with van der Waals surface area (Å²) in [4.78, 5) is 0. The quantitative estimate of drug-likeness (QED) is 0.439. The fourth-order valence-electron chi connectivity index (χ4n) is 5.83. The molecule has 0 amide bonds. The normalized spacial score (nSPS) is 27.2. The predicted octanol–water partition coefficient (Wildman–Crippen LogP) is 7.86. The zero-order valence-electron chi connectivity index (χ0n) is 18.1. The highest BCUT2D eigenvalue weighted by atomic mass is 19.2. The van der Waals surface area contributed by atoms with Crippen molar-refractivity contribution in [1.82, 2.24) is 0 Å². The van der Waals surface area contributed by atoms with Crippen LogP contribution in [-0.4, -0.2) is 7.11 Å². The monoisotopic (exact) mass is 412 g/mol. The fourth-order valence-corrected chi connectivity index (χ4v) is 5.83. The van der Waals surface area contributed by atoms with E-state index in [-0.39, 0.29) is 0 Å². The van der Waals surface area contributed by atoms with E-state index in [1.807, 2.05) is 12.1 Å². The van der Waals surface area contributed by atoms with E-state index in [0.29, 0.717) is 29.0 Å². The van der Waals surface area contributed by atoms with Gasteiger partial charge in [-0.1, -0.05) is 25.0 Å². The molecule has 0 spiro atoms. The summed E-state index contributed by atoms with van der Waals surface area (Å²) >= 11 is 0. The molecule has 30 heavy (non-hydrogen) atoms. The largest absolute Gasteiger partial charge is 0.497 e. The molecule has 0 aromatic heterocycles. The summed E-state index contributed by atoms with van der Waals surface area (Å²) in [5.41, 5.74) is 0.509. The third-order valence-corrected chi connectivity index (χ3v) is 7.83. The van der Waals surface area contributed by atoms with Gasteiger partial charge in [0.25, 0.3) is 0 Å². The summed E-state index contributed by atoms with van der Waals surface area (Å²) < 4.78 is 34.4. The van der Waals surface area contributed by atoms with Gasteiger partial charge in [0, 0.05) is 5.39 Å². The maximum absolute atomic E-state index is 14.7. The molecule has 2 saturated carbocycles. The maximum Gasteiger partial charge on any atom is 0.167 e. The zero-order valence-corrected chi connectivity index (χ0v) is 18.1. The Balaban J connectivity index is 1.33. The highest BCUT2D eigenvalue weighted by Crippen LogP contribution is 2.42. The van der Waals surface area contributed by atoms with Crippen LogP contribution in [0.15, 0.2) is 36.9 Å². The number of methoxy groups -OCH3 is 1. The van der Waals surface area contributed by atoms with Crippen LogP contribution >= 0.6 is 0 Å². The molecule has 0 heterocycles. The summed E-state index contributed by atoms with van der Waals surface area (Å²) in [5, 5.41) is 1.03. The molecule has 0 atom stereocenters. The standard InChI is InChI=1S/C27H34F2O/c1-3-18-4-9-20(10-5-18)21-11-6-19(7-12-21)8-13-23-16-22-14-15-24(30-2)17-25(22)27(29)26(23)28/h3,14-21H,1,4-13H2,2H3. The number of fused-ring (bicyclic) bond motifs is 1. The molecule has 0 N–H and O–H groups in total. The topological polar surface area (TPSA) is 9.23 Å². The Morgan fingerprint density at radius 3 is 2.23 bits per heavy atom. The molecule has 0 unspecified atom stereocenters. The Morgan fingerprint density at radius 1 is 0.933 bits per heavy atom. The van der Waals surface area contributed by atoms with Crippen molar-refractivity contribution in [2.24, 2.45) is 23.7 Å². The second-order valence-electron chi connectivity index (χ2n) is 9.48. The summed E-state index contributed by atoms with van der Waals surface area (Å²) in [6.45, 7) is 3.96. The Bertz CT molecular complexity index is 874. The van der Waals surface area contributed by atoms with Crippen LogP contribution < -0.4 is 4.74 Å². The van der Waals surface area contributed by atoms with E-state index >= 15 is 0 Å². The Labute approximate surface area is 179 Å². The van der Waals surface area contributed by atoms with Crippen molar-refractivity contribution in [2.45, 2.75) is 64.2 Å². The Hall–Kier alpha value is -1.90. The molecule has 2 aliphatic carbocycles. The Kier molecular flexibility index (Phi) is 6.75. The average Bonchev–Trinajstić information content (AvgIpc) is 2.80. The van der Waals surface area contributed by atoms with Gasteiger partial charge in [0.15, 0.2) is 11.6 Å². The molecule has 2 aliphatic rings. The molecular weight excluding hydrogens is 378 g/mol. The second kappa shape index (κ2) is 9.49. The first kappa shape index (κ1) is 21.3. The van der Waals surface area contributed by atoms with Gasteiger partial charge in [-0.25, -0.2) is 8.78 Å². The highest BCUT2D eigenvalue weighted by Gasteiger charge is 2.30. The van der Waals surface area contributed by atoms with E-state index in [0.717, 1.165) is 29.6 Å². The third-order valence-electron chi connectivity index (χ3n) is 7.83. The van der Waals surface area contributed by atoms with Gasteiger partial charge < -0.3 is 4.74 Å². The van der Waals surface area contributed by atoms with E-state index in [2.05, 4.69) is 12.7 Å². The first-order valence-electron chi connectivity index (χ1n) is 11.7. The van der Waals surface area contributed by atoms with Gasteiger partial charge in [-0.05, 0) is 104 Å². The number of ether oxygens (including phenoxy) is 1. The van der Waals surface area contributed by atoms with Crippen molar-refractivity contribution >= 4 is 10.8 Å². The first-order valence-corrected chi connectivity index (χ1v) is 11.7. The van der Waals surface area contributed by atoms with Crippen LogP contribution in [0.3, 0.4) is 0 Å². The van der Waals surface area contributed by atoms with Gasteiger partial charge in [0.1, 0.15) is 5.75 Å². The first-order chi connectivity index (χ1) is 14.6. The van der Waals surface area contributed by atoms with Crippen molar-refractivity contribution in [3.05, 3.63) is 54.1 Å². The minimum Gasteiger partial charge on any atom is -0.497 e. The number of rotatable bonds is 6. The summed E-state index contributed by atoms with van der Waals surface area (Å²) in [6, 6.07) is 7.00. The molecule has 2 aromatic rings. The number of hydrogen-bond donors (Lipinski definition) is 0. The molecule has 162 valence electrons. The molecular formula is C27H34F2O. The van der Waals surface area contributed by atoms with E-state index in [9.17, 15) is 8.78 Å². The average molecular weight is 413 g/mol. The lowest BCUT2D eigenvalue weighted by Crippen LogP contribution is -2.25. The van der Waals surface area contributed by atoms with Gasteiger partial charge >= 0.3 is 0 Å². The predicted molar refractivity (Wildman–Crippen MR) is 120 cm³/mol. The third kappa shape index (κ3) is 4.55. The molecule has 0 bridgehead atoms. The van der Waals surface area contributed by atoms with Gasteiger partial charge in [-0.3, -0.25) is 0 Å². The number of halogens is 2. The van der Waals surface area contributed by atoms with E-state index < -0.39 is 11.6 Å². The van der Waals surface area contributed by atoms with Crippen molar-refractivity contribution < 1.29 is 13.5 Å². The van der Waals surface area contributed by atoms with Crippen LogP contribution in [0.25, 0.3) is 10.8 Å². The Morgan fingerprint density at radius 2 is 1.60 bits per heavy atom. The molecule has 0 saturated heterocycles. The summed E-state index contributed by atoms with van der Waals surface area (Å²) in [7, 11) is 1.53. The van der Waals surface area contributed by atoms with E-state index in [1.54, 1.807) is 12.1 Å². The van der Waals surface area contributed by atoms with Crippen molar-refractivity contribution in [1.29, 1.82) is 0 Å². The van der Waals surface area contributed by atoms with E-state index in [1.165, 1.54) is 58.5 Å².